The van der Waals surface area contributed by atoms with Gasteiger partial charge >= 0.3 is 0 Å². The minimum absolute atomic E-state index is 0.0474. The van der Waals surface area contributed by atoms with E-state index in [1.165, 1.54) is 5.56 Å². The maximum absolute atomic E-state index is 6.68. The van der Waals surface area contributed by atoms with Crippen LogP contribution in [0.1, 0.15) is 45.3 Å². The number of benzene rings is 1. The Kier molecular flexibility index (Phi) is 4.74. The molecular weight excluding hydrogens is 338 g/mol. The zero-order valence-electron chi connectivity index (χ0n) is 17.1. The molecule has 0 radical (unpaired) electrons. The van der Waals surface area contributed by atoms with Crippen molar-refractivity contribution in [2.24, 2.45) is 5.92 Å². The molecule has 0 aromatic heterocycles. The molecule has 0 aliphatic carbocycles. The Morgan fingerprint density at radius 3 is 2.67 bits per heavy atom. The van der Waals surface area contributed by atoms with Crippen LogP contribution in [0.2, 0.25) is 0 Å². The third-order valence-electron chi connectivity index (χ3n) is 6.54. The van der Waals surface area contributed by atoms with E-state index in [1.807, 2.05) is 6.07 Å². The van der Waals surface area contributed by atoms with Crippen molar-refractivity contribution in [3.8, 4) is 17.6 Å². The lowest BCUT2D eigenvalue weighted by molar-refractivity contribution is -0.910. The van der Waals surface area contributed by atoms with Gasteiger partial charge in [-0.3, -0.25) is 0 Å². The molecule has 2 saturated heterocycles. The summed E-state index contributed by atoms with van der Waals surface area (Å²) in [6, 6.07) is 8.30. The Bertz CT molecular complexity index is 756. The Morgan fingerprint density at radius 1 is 1.15 bits per heavy atom. The molecule has 1 aromatic rings. The third kappa shape index (κ3) is 3.74. The Balaban J connectivity index is 1.54. The van der Waals surface area contributed by atoms with Gasteiger partial charge < -0.3 is 18.7 Å². The van der Waals surface area contributed by atoms with Gasteiger partial charge in [-0.1, -0.05) is 24.1 Å². The fourth-order valence-corrected chi connectivity index (χ4v) is 4.61. The first-order valence-corrected chi connectivity index (χ1v) is 10.2. The minimum atomic E-state index is -0.396. The quantitative estimate of drug-likeness (QED) is 0.559. The molecule has 3 atom stereocenters. The monoisotopic (exact) mass is 370 g/mol. The molecule has 0 bridgehead atoms. The van der Waals surface area contributed by atoms with Crippen molar-refractivity contribution in [3.63, 3.8) is 0 Å². The van der Waals surface area contributed by atoms with Gasteiger partial charge in [-0.15, -0.1) is 0 Å². The first-order valence-electron chi connectivity index (χ1n) is 10.2. The summed E-state index contributed by atoms with van der Waals surface area (Å²) >= 11 is 0. The van der Waals surface area contributed by atoms with Gasteiger partial charge in [0.1, 0.15) is 36.6 Å². The van der Waals surface area contributed by atoms with Gasteiger partial charge in [0.25, 0.3) is 0 Å². The first-order chi connectivity index (χ1) is 12.8. The smallest absolute Gasteiger partial charge is 0.140 e. The number of hydrogen-bond donors (Lipinski definition) is 0. The number of hydrogen-bond acceptors (Lipinski definition) is 3. The summed E-state index contributed by atoms with van der Waals surface area (Å²) in [5.74, 6) is 8.25. The summed E-state index contributed by atoms with van der Waals surface area (Å²) in [6.45, 7) is 11.1. The molecule has 4 heteroatoms. The average Bonchev–Trinajstić information content (AvgIpc) is 2.61. The fourth-order valence-electron chi connectivity index (χ4n) is 4.61. The van der Waals surface area contributed by atoms with Crippen LogP contribution in [0, 0.1) is 17.8 Å². The second-order valence-electron chi connectivity index (χ2n) is 9.30. The van der Waals surface area contributed by atoms with Crippen LogP contribution in [0.25, 0.3) is 0 Å². The summed E-state index contributed by atoms with van der Waals surface area (Å²) < 4.78 is 19.4. The predicted octanol–water partition coefficient (Wildman–Crippen LogP) is 3.56. The van der Waals surface area contributed by atoms with E-state index in [0.29, 0.717) is 5.92 Å². The zero-order chi connectivity index (χ0) is 19.1. The molecule has 1 aromatic carbocycles. The molecular formula is C23H32NO3+. The summed E-state index contributed by atoms with van der Waals surface area (Å²) in [7, 11) is 2.27. The molecule has 3 heterocycles. The highest BCUT2D eigenvalue weighted by atomic mass is 16.5. The van der Waals surface area contributed by atoms with E-state index < -0.39 is 5.60 Å². The van der Waals surface area contributed by atoms with Gasteiger partial charge in [-0.05, 0) is 45.6 Å². The lowest BCUT2D eigenvalue weighted by atomic mass is 9.73. The predicted molar refractivity (Wildman–Crippen MR) is 105 cm³/mol. The second kappa shape index (κ2) is 6.81. The van der Waals surface area contributed by atoms with E-state index in [0.717, 1.165) is 55.9 Å². The van der Waals surface area contributed by atoms with E-state index in [4.69, 9.17) is 14.2 Å². The molecule has 4 rings (SSSR count). The molecule has 4 nitrogen and oxygen atoms in total. The molecule has 0 saturated carbocycles. The van der Waals surface area contributed by atoms with E-state index >= 15 is 0 Å². The molecule has 2 fully saturated rings. The summed E-state index contributed by atoms with van der Waals surface area (Å²) in [4.78, 5) is 0. The van der Waals surface area contributed by atoms with Crippen molar-refractivity contribution in [2.75, 3.05) is 39.9 Å². The SMILES string of the molecule is CC1(C)Oc2ccccc2[C@H]2O[C@@](C)(C#CC[N+]3(C)CCOCC3)CC[C@@H]21. The van der Waals surface area contributed by atoms with Crippen molar-refractivity contribution in [2.45, 2.75) is 50.9 Å². The van der Waals surface area contributed by atoms with Crippen LogP contribution in [-0.2, 0) is 9.47 Å². The topological polar surface area (TPSA) is 27.7 Å². The van der Waals surface area contributed by atoms with Crippen LogP contribution in [0.5, 0.6) is 5.75 Å². The molecule has 0 amide bonds. The van der Waals surface area contributed by atoms with Crippen molar-refractivity contribution in [3.05, 3.63) is 29.8 Å². The van der Waals surface area contributed by atoms with Crippen LogP contribution >= 0.6 is 0 Å². The number of morpholine rings is 1. The summed E-state index contributed by atoms with van der Waals surface area (Å²) in [5.41, 5.74) is 0.551. The number of para-hydroxylation sites is 1. The molecule has 27 heavy (non-hydrogen) atoms. The fraction of sp³-hybridized carbons (Fsp3) is 0.652. The number of nitrogens with zero attached hydrogens (tertiary/aromatic N) is 1. The maximum atomic E-state index is 6.68. The van der Waals surface area contributed by atoms with Gasteiger partial charge in [0.2, 0.25) is 0 Å². The number of likely N-dealkylation sites (N-methyl/N-ethyl adjacent to an activating group) is 1. The lowest BCUT2D eigenvalue weighted by Gasteiger charge is -2.50. The highest BCUT2D eigenvalue weighted by Crippen LogP contribution is 2.52. The summed E-state index contributed by atoms with van der Waals surface area (Å²) in [5, 5.41) is 0. The molecule has 146 valence electrons. The van der Waals surface area contributed by atoms with E-state index in [-0.39, 0.29) is 11.7 Å². The second-order valence-corrected chi connectivity index (χ2v) is 9.30. The molecule has 3 aliphatic heterocycles. The van der Waals surface area contributed by atoms with Gasteiger partial charge in [0, 0.05) is 11.5 Å². The van der Waals surface area contributed by atoms with Crippen molar-refractivity contribution < 1.29 is 18.7 Å². The average molecular weight is 371 g/mol. The van der Waals surface area contributed by atoms with Gasteiger partial charge in [-0.2, -0.15) is 0 Å². The lowest BCUT2D eigenvalue weighted by Crippen LogP contribution is -2.52. The van der Waals surface area contributed by atoms with Crippen molar-refractivity contribution >= 4 is 0 Å². The van der Waals surface area contributed by atoms with E-state index in [9.17, 15) is 0 Å². The Morgan fingerprint density at radius 2 is 1.89 bits per heavy atom. The third-order valence-corrected chi connectivity index (χ3v) is 6.54. The largest absolute Gasteiger partial charge is 0.487 e. The highest BCUT2D eigenvalue weighted by Gasteiger charge is 2.50. The van der Waals surface area contributed by atoms with E-state index in [1.54, 1.807) is 0 Å². The number of ether oxygens (including phenoxy) is 3. The van der Waals surface area contributed by atoms with Gasteiger partial charge in [-0.25, -0.2) is 0 Å². The minimum Gasteiger partial charge on any atom is -0.487 e. The molecule has 0 N–H and O–H groups in total. The van der Waals surface area contributed by atoms with Gasteiger partial charge in [0.15, 0.2) is 0 Å². The van der Waals surface area contributed by atoms with Crippen LogP contribution in [0.15, 0.2) is 24.3 Å². The molecule has 0 unspecified atom stereocenters. The van der Waals surface area contributed by atoms with Crippen LogP contribution in [0.4, 0.5) is 0 Å². The summed E-state index contributed by atoms with van der Waals surface area (Å²) in [6.07, 6.45) is 2.06. The number of rotatable bonds is 1. The van der Waals surface area contributed by atoms with Crippen LogP contribution < -0.4 is 4.74 Å². The molecule has 3 aliphatic rings. The Labute approximate surface area is 163 Å². The first kappa shape index (κ1) is 18.8. The van der Waals surface area contributed by atoms with Crippen LogP contribution in [-0.4, -0.2) is 55.6 Å². The maximum Gasteiger partial charge on any atom is 0.140 e. The van der Waals surface area contributed by atoms with E-state index in [2.05, 4.69) is 57.9 Å². The number of quaternary nitrogens is 1. The van der Waals surface area contributed by atoms with Crippen molar-refractivity contribution in [1.82, 2.24) is 0 Å². The highest BCUT2D eigenvalue weighted by molar-refractivity contribution is 5.39. The van der Waals surface area contributed by atoms with Gasteiger partial charge in [0.05, 0.1) is 26.4 Å². The standard InChI is InChI=1S/C23H32NO3/c1-22(2)19-10-12-23(3,11-7-13-24(4)14-16-25-17-15-24)27-21(19)18-8-5-6-9-20(18)26-22/h5-6,8-9,19,21H,10,12-17H2,1-4H3/q+1/t19-,21+,23-/m0/s1. The zero-order valence-corrected chi connectivity index (χ0v) is 17.1. The van der Waals surface area contributed by atoms with Crippen LogP contribution in [0.3, 0.4) is 0 Å². The van der Waals surface area contributed by atoms with Crippen molar-refractivity contribution in [1.29, 1.82) is 0 Å². The normalized spacial score (nSPS) is 33.6. The Hall–Kier alpha value is -1.54. The number of fused-ring (bicyclic) bond motifs is 3. The molecule has 0 spiro atoms.